The molecule has 0 radical (unpaired) electrons. The number of carbonyl (C=O) groups is 1. The van der Waals surface area contributed by atoms with Crippen LogP contribution in [0.3, 0.4) is 0 Å². The lowest BCUT2D eigenvalue weighted by Gasteiger charge is -2.31. The molecule has 0 aliphatic carbocycles. The van der Waals surface area contributed by atoms with Crippen LogP contribution in [0.2, 0.25) is 0 Å². The molecule has 4 heterocycles. The lowest BCUT2D eigenvalue weighted by molar-refractivity contribution is -0.120. The van der Waals surface area contributed by atoms with Gasteiger partial charge in [0.05, 0.1) is 5.92 Å². The number of aromatic nitrogens is 2. The first-order valence-corrected chi connectivity index (χ1v) is 12.2. The molecule has 1 saturated heterocycles. The molecular formula is C21H22N4O4S2. The molecule has 1 fully saturated rings. The fourth-order valence-electron chi connectivity index (χ4n) is 3.53. The van der Waals surface area contributed by atoms with Crippen molar-refractivity contribution in [1.82, 2.24) is 14.4 Å². The molecule has 1 amide bonds. The number of aryl methyl sites for hydroxylation is 1. The Balaban J connectivity index is 1.53. The van der Waals surface area contributed by atoms with E-state index in [1.807, 2.05) is 17.5 Å². The highest BCUT2D eigenvalue weighted by molar-refractivity contribution is 7.89. The van der Waals surface area contributed by atoms with Crippen molar-refractivity contribution in [2.45, 2.75) is 24.7 Å². The van der Waals surface area contributed by atoms with Crippen molar-refractivity contribution in [2.75, 3.05) is 18.4 Å². The summed E-state index contributed by atoms with van der Waals surface area (Å²) in [6.45, 7) is 2.06. The fourth-order valence-corrected chi connectivity index (χ4v) is 5.92. The fraction of sp³-hybridized carbons (Fsp3) is 0.286. The van der Waals surface area contributed by atoms with Crippen LogP contribution in [0.25, 0.3) is 12.2 Å². The lowest BCUT2D eigenvalue weighted by Crippen LogP contribution is -2.43. The molecule has 4 rings (SSSR count). The number of nitrogens with zero attached hydrogens (tertiary/aromatic N) is 3. The van der Waals surface area contributed by atoms with Gasteiger partial charge in [-0.3, -0.25) is 9.78 Å². The van der Waals surface area contributed by atoms with Crippen LogP contribution in [0.1, 0.15) is 29.2 Å². The Hall–Kier alpha value is -2.82. The van der Waals surface area contributed by atoms with Gasteiger partial charge < -0.3 is 9.84 Å². The first kappa shape index (κ1) is 21.4. The number of hydrogen-bond acceptors (Lipinski definition) is 7. The Morgan fingerprint density at radius 2 is 2.10 bits per heavy atom. The molecule has 0 bridgehead atoms. The Labute approximate surface area is 184 Å². The number of sulfonamides is 1. The molecule has 8 nitrogen and oxygen atoms in total. The third kappa shape index (κ3) is 4.76. The zero-order chi connectivity index (χ0) is 21.8. The number of nitrogens with one attached hydrogen (secondary N) is 1. The molecule has 1 atom stereocenters. The van der Waals surface area contributed by atoms with Gasteiger partial charge in [0.25, 0.3) is 0 Å². The van der Waals surface area contributed by atoms with E-state index in [0.29, 0.717) is 30.8 Å². The maximum atomic E-state index is 13.4. The van der Waals surface area contributed by atoms with Crippen molar-refractivity contribution in [3.8, 4) is 0 Å². The van der Waals surface area contributed by atoms with E-state index in [-0.39, 0.29) is 23.1 Å². The second kappa shape index (κ2) is 9.13. The zero-order valence-corrected chi connectivity index (χ0v) is 18.5. The average Bonchev–Trinajstić information content (AvgIpc) is 3.42. The van der Waals surface area contributed by atoms with E-state index >= 15 is 0 Å². The summed E-state index contributed by atoms with van der Waals surface area (Å²) in [5.41, 5.74) is 0.935. The number of thiophene rings is 1. The summed E-state index contributed by atoms with van der Waals surface area (Å²) in [6, 6.07) is 7.23. The van der Waals surface area contributed by atoms with Crippen molar-refractivity contribution in [3.63, 3.8) is 0 Å². The molecule has 1 aliphatic rings. The van der Waals surface area contributed by atoms with Crippen LogP contribution in [0, 0.1) is 12.8 Å². The SMILES string of the molecule is Cc1noc(/C=C/c2cccs2)c1S(=O)(=O)N1CCC[C@@H](C(=O)Nc2ccncc2)C1. The molecule has 3 aromatic heterocycles. The zero-order valence-electron chi connectivity index (χ0n) is 16.9. The normalized spacial score (nSPS) is 17.8. The largest absolute Gasteiger partial charge is 0.355 e. The highest BCUT2D eigenvalue weighted by Crippen LogP contribution is 2.30. The summed E-state index contributed by atoms with van der Waals surface area (Å²) in [7, 11) is -3.87. The number of amides is 1. The highest BCUT2D eigenvalue weighted by Gasteiger charge is 2.36. The predicted molar refractivity (Wildman–Crippen MR) is 119 cm³/mol. The van der Waals surface area contributed by atoms with Gasteiger partial charge in [-0.1, -0.05) is 11.2 Å². The summed E-state index contributed by atoms with van der Waals surface area (Å²) < 4.78 is 33.5. The van der Waals surface area contributed by atoms with Crippen LogP contribution in [0.15, 0.2) is 51.5 Å². The second-order valence-corrected chi connectivity index (χ2v) is 10.1. The maximum Gasteiger partial charge on any atom is 0.248 e. The quantitative estimate of drug-likeness (QED) is 0.604. The van der Waals surface area contributed by atoms with Gasteiger partial charge in [-0.25, -0.2) is 8.42 Å². The van der Waals surface area contributed by atoms with Crippen molar-refractivity contribution in [2.24, 2.45) is 5.92 Å². The van der Waals surface area contributed by atoms with Gasteiger partial charge in [-0.05, 0) is 55.5 Å². The molecule has 0 spiro atoms. The smallest absolute Gasteiger partial charge is 0.248 e. The van der Waals surface area contributed by atoms with Crippen LogP contribution in [0.4, 0.5) is 5.69 Å². The van der Waals surface area contributed by atoms with Gasteiger partial charge in [-0.15, -0.1) is 11.3 Å². The van der Waals surface area contributed by atoms with Crippen molar-refractivity contribution < 1.29 is 17.7 Å². The summed E-state index contributed by atoms with van der Waals surface area (Å²) in [4.78, 5) is 17.7. The summed E-state index contributed by atoms with van der Waals surface area (Å²) in [5.74, 6) is -0.456. The van der Waals surface area contributed by atoms with Crippen LogP contribution >= 0.6 is 11.3 Å². The Morgan fingerprint density at radius 1 is 1.29 bits per heavy atom. The molecule has 3 aromatic rings. The first-order valence-electron chi connectivity index (χ1n) is 9.84. The molecule has 1 N–H and O–H groups in total. The van der Waals surface area contributed by atoms with Gasteiger partial charge in [0.2, 0.25) is 15.9 Å². The Kier molecular flexibility index (Phi) is 6.30. The standard InChI is InChI=1S/C21H22N4O4S2/c1-15-20(19(29-24-15)7-6-18-5-3-13-30-18)31(27,28)25-12-2-4-16(14-25)21(26)23-17-8-10-22-11-9-17/h3,5-11,13,16H,2,4,12,14H2,1H3,(H,22,23,26)/b7-6+/t16-/m1/s1. The van der Waals surface area contributed by atoms with Crippen LogP contribution < -0.4 is 5.32 Å². The van der Waals surface area contributed by atoms with Gasteiger partial charge in [0, 0.05) is 36.0 Å². The summed E-state index contributed by atoms with van der Waals surface area (Å²) >= 11 is 1.54. The minimum atomic E-state index is -3.87. The number of rotatable bonds is 6. The van der Waals surface area contributed by atoms with E-state index in [1.54, 1.807) is 43.6 Å². The molecular weight excluding hydrogens is 436 g/mol. The monoisotopic (exact) mass is 458 g/mol. The predicted octanol–water partition coefficient (Wildman–Crippen LogP) is 3.65. The van der Waals surface area contributed by atoms with E-state index in [0.717, 1.165) is 4.88 Å². The van der Waals surface area contributed by atoms with Gasteiger partial charge in [0.1, 0.15) is 5.69 Å². The second-order valence-electron chi connectivity index (χ2n) is 7.24. The number of carbonyl (C=O) groups excluding carboxylic acids is 1. The van der Waals surface area contributed by atoms with E-state index < -0.39 is 15.9 Å². The minimum Gasteiger partial charge on any atom is -0.355 e. The maximum absolute atomic E-state index is 13.4. The third-order valence-corrected chi connectivity index (χ3v) is 7.94. The number of piperidine rings is 1. The van der Waals surface area contributed by atoms with Crippen molar-refractivity contribution in [3.05, 3.63) is 58.4 Å². The van der Waals surface area contributed by atoms with E-state index in [9.17, 15) is 13.2 Å². The average molecular weight is 459 g/mol. The van der Waals surface area contributed by atoms with E-state index in [1.165, 1.54) is 15.6 Å². The van der Waals surface area contributed by atoms with E-state index in [4.69, 9.17) is 4.52 Å². The van der Waals surface area contributed by atoms with Crippen LogP contribution in [0.5, 0.6) is 0 Å². The molecule has 162 valence electrons. The Bertz CT molecular complexity index is 1170. The van der Waals surface area contributed by atoms with Crippen LogP contribution in [-0.2, 0) is 14.8 Å². The number of anilines is 1. The van der Waals surface area contributed by atoms with Crippen molar-refractivity contribution in [1.29, 1.82) is 0 Å². The van der Waals surface area contributed by atoms with Gasteiger partial charge in [0.15, 0.2) is 10.7 Å². The highest BCUT2D eigenvalue weighted by atomic mass is 32.2. The van der Waals surface area contributed by atoms with Gasteiger partial charge in [-0.2, -0.15) is 4.31 Å². The van der Waals surface area contributed by atoms with Crippen LogP contribution in [-0.4, -0.2) is 41.9 Å². The topological polar surface area (TPSA) is 105 Å². The molecule has 0 unspecified atom stereocenters. The first-order chi connectivity index (χ1) is 14.9. The molecule has 1 aliphatic heterocycles. The van der Waals surface area contributed by atoms with Gasteiger partial charge >= 0.3 is 0 Å². The third-order valence-electron chi connectivity index (χ3n) is 5.08. The number of pyridine rings is 1. The summed E-state index contributed by atoms with van der Waals surface area (Å²) in [5, 5.41) is 8.65. The molecule has 0 aromatic carbocycles. The Morgan fingerprint density at radius 3 is 2.84 bits per heavy atom. The minimum absolute atomic E-state index is 0.0514. The van der Waals surface area contributed by atoms with Crippen molar-refractivity contribution >= 4 is 45.1 Å². The molecule has 31 heavy (non-hydrogen) atoms. The molecule has 0 saturated carbocycles. The number of hydrogen-bond donors (Lipinski definition) is 1. The lowest BCUT2D eigenvalue weighted by atomic mass is 9.99. The van der Waals surface area contributed by atoms with E-state index in [2.05, 4.69) is 15.5 Å². The molecule has 10 heteroatoms. The summed E-state index contributed by atoms with van der Waals surface area (Å²) in [6.07, 6.45) is 7.82.